The third-order valence-electron chi connectivity index (χ3n) is 3.71. The molecule has 3 atom stereocenters. The molecule has 0 heterocycles. The Hall–Kier alpha value is -2.41. The number of carboxylic acids is 1. The summed E-state index contributed by atoms with van der Waals surface area (Å²) < 4.78 is 0. The van der Waals surface area contributed by atoms with Gasteiger partial charge in [-0.1, -0.05) is 44.2 Å². The minimum atomic E-state index is -1.10. The van der Waals surface area contributed by atoms with E-state index in [0.29, 0.717) is 12.8 Å². The van der Waals surface area contributed by atoms with Crippen LogP contribution in [-0.2, 0) is 20.8 Å². The van der Waals surface area contributed by atoms with E-state index in [2.05, 4.69) is 10.6 Å². The molecule has 0 radical (unpaired) electrons. The van der Waals surface area contributed by atoms with Crippen LogP contribution >= 0.6 is 0 Å². The van der Waals surface area contributed by atoms with Crippen LogP contribution in [0.1, 0.15) is 32.8 Å². The zero-order chi connectivity index (χ0) is 19.0. The Kier molecular flexibility index (Phi) is 8.07. The second-order valence-corrected chi connectivity index (χ2v) is 6.56. The molecule has 7 heteroatoms. The largest absolute Gasteiger partial charge is 0.480 e. The molecule has 0 aromatic heterocycles. The van der Waals surface area contributed by atoms with E-state index in [4.69, 9.17) is 10.8 Å². The number of benzene rings is 1. The van der Waals surface area contributed by atoms with Crippen molar-refractivity contribution >= 4 is 17.8 Å². The highest BCUT2D eigenvalue weighted by Gasteiger charge is 2.25. The summed E-state index contributed by atoms with van der Waals surface area (Å²) in [5.74, 6) is -1.98. The number of carbonyl (C=O) groups is 3. The number of carboxylic acid groups (broad SMARTS) is 1. The smallest absolute Gasteiger partial charge is 0.326 e. The van der Waals surface area contributed by atoms with E-state index in [1.807, 2.05) is 44.2 Å². The summed E-state index contributed by atoms with van der Waals surface area (Å²) in [6.07, 6.45) is 0.668. The average molecular weight is 349 g/mol. The van der Waals surface area contributed by atoms with Crippen LogP contribution in [0.25, 0.3) is 0 Å². The third kappa shape index (κ3) is 7.34. The number of rotatable bonds is 9. The van der Waals surface area contributed by atoms with Crippen molar-refractivity contribution in [3.05, 3.63) is 35.9 Å². The highest BCUT2D eigenvalue weighted by molar-refractivity contribution is 5.91. The average Bonchev–Trinajstić information content (AvgIpc) is 2.54. The number of carbonyl (C=O) groups excluding carboxylic acids is 2. The third-order valence-corrected chi connectivity index (χ3v) is 3.71. The van der Waals surface area contributed by atoms with Gasteiger partial charge in [0, 0.05) is 0 Å². The second kappa shape index (κ2) is 9.78. The lowest BCUT2D eigenvalue weighted by molar-refractivity contribution is -0.142. The van der Waals surface area contributed by atoms with Crippen LogP contribution in [0, 0.1) is 5.92 Å². The first-order valence-electron chi connectivity index (χ1n) is 8.33. The molecule has 7 nitrogen and oxygen atoms in total. The van der Waals surface area contributed by atoms with Crippen LogP contribution in [0.5, 0.6) is 0 Å². The summed E-state index contributed by atoms with van der Waals surface area (Å²) in [5.41, 5.74) is 6.80. The number of nitrogens with two attached hydrogens (primary N) is 1. The van der Waals surface area contributed by atoms with Crippen molar-refractivity contribution in [2.75, 3.05) is 0 Å². The Morgan fingerprint density at radius 2 is 1.64 bits per heavy atom. The fourth-order valence-corrected chi connectivity index (χ4v) is 2.34. The van der Waals surface area contributed by atoms with Crippen LogP contribution in [0.15, 0.2) is 30.3 Å². The van der Waals surface area contributed by atoms with E-state index in [1.165, 1.54) is 6.92 Å². The van der Waals surface area contributed by atoms with Crippen molar-refractivity contribution < 1.29 is 19.5 Å². The van der Waals surface area contributed by atoms with Gasteiger partial charge in [0.05, 0.1) is 6.04 Å². The number of nitrogens with one attached hydrogen (secondary N) is 2. The summed E-state index contributed by atoms with van der Waals surface area (Å²) in [6, 6.07) is 6.68. The molecule has 138 valence electrons. The van der Waals surface area contributed by atoms with Crippen LogP contribution in [0.3, 0.4) is 0 Å². The number of amides is 2. The zero-order valence-corrected chi connectivity index (χ0v) is 14.9. The molecule has 0 aliphatic carbocycles. The van der Waals surface area contributed by atoms with Gasteiger partial charge in [-0.3, -0.25) is 9.59 Å². The van der Waals surface area contributed by atoms with Gasteiger partial charge in [-0.05, 0) is 31.2 Å². The van der Waals surface area contributed by atoms with E-state index in [1.54, 1.807) is 0 Å². The molecule has 0 fully saturated rings. The Morgan fingerprint density at radius 3 is 2.16 bits per heavy atom. The molecule has 0 saturated carbocycles. The molecule has 0 saturated heterocycles. The Balaban J connectivity index is 2.55. The summed E-state index contributed by atoms with van der Waals surface area (Å²) in [6.45, 7) is 5.24. The van der Waals surface area contributed by atoms with Gasteiger partial charge in [-0.25, -0.2) is 4.79 Å². The lowest BCUT2D eigenvalue weighted by Gasteiger charge is -2.21. The van der Waals surface area contributed by atoms with E-state index < -0.39 is 35.9 Å². The van der Waals surface area contributed by atoms with Crippen molar-refractivity contribution in [3.63, 3.8) is 0 Å². The molecular weight excluding hydrogens is 322 g/mol. The molecule has 0 aliphatic heterocycles. The van der Waals surface area contributed by atoms with Crippen LogP contribution in [0.2, 0.25) is 0 Å². The maximum atomic E-state index is 12.1. The number of aliphatic carboxylic acids is 1. The fraction of sp³-hybridized carbons (Fsp3) is 0.500. The first-order chi connectivity index (χ1) is 11.7. The normalized spacial score (nSPS) is 14.4. The van der Waals surface area contributed by atoms with Crippen molar-refractivity contribution in [2.45, 2.75) is 51.7 Å². The fourth-order valence-electron chi connectivity index (χ4n) is 2.34. The minimum absolute atomic E-state index is 0.116. The van der Waals surface area contributed by atoms with Gasteiger partial charge in [0.25, 0.3) is 0 Å². The highest BCUT2D eigenvalue weighted by atomic mass is 16.4. The molecule has 0 unspecified atom stereocenters. The molecule has 1 aromatic rings. The predicted octanol–water partition coefficient (Wildman–Crippen LogP) is 0.677. The summed E-state index contributed by atoms with van der Waals surface area (Å²) in [7, 11) is 0. The number of hydrogen-bond donors (Lipinski definition) is 4. The van der Waals surface area contributed by atoms with Crippen molar-refractivity contribution in [2.24, 2.45) is 11.7 Å². The van der Waals surface area contributed by atoms with Gasteiger partial charge >= 0.3 is 5.97 Å². The molecule has 5 N–H and O–H groups in total. The van der Waals surface area contributed by atoms with Crippen molar-refractivity contribution in [3.8, 4) is 0 Å². The monoisotopic (exact) mass is 349 g/mol. The lowest BCUT2D eigenvalue weighted by Crippen LogP contribution is -2.53. The predicted molar refractivity (Wildman–Crippen MR) is 94.7 cm³/mol. The molecule has 2 amide bonds. The van der Waals surface area contributed by atoms with Crippen LogP contribution in [0.4, 0.5) is 0 Å². The minimum Gasteiger partial charge on any atom is -0.480 e. The molecule has 0 bridgehead atoms. The quantitative estimate of drug-likeness (QED) is 0.522. The molecule has 1 rings (SSSR count). The Bertz CT molecular complexity index is 589. The van der Waals surface area contributed by atoms with Gasteiger partial charge in [-0.15, -0.1) is 0 Å². The maximum absolute atomic E-state index is 12.1. The van der Waals surface area contributed by atoms with Gasteiger partial charge in [-0.2, -0.15) is 0 Å². The topological polar surface area (TPSA) is 122 Å². The van der Waals surface area contributed by atoms with E-state index in [9.17, 15) is 14.4 Å². The lowest BCUT2D eigenvalue weighted by atomic mass is 10.0. The maximum Gasteiger partial charge on any atom is 0.326 e. The van der Waals surface area contributed by atoms with Gasteiger partial charge < -0.3 is 21.5 Å². The molecule has 25 heavy (non-hydrogen) atoms. The Morgan fingerprint density at radius 1 is 1.04 bits per heavy atom. The highest BCUT2D eigenvalue weighted by Crippen LogP contribution is 2.06. The second-order valence-electron chi connectivity index (χ2n) is 6.56. The summed E-state index contributed by atoms with van der Waals surface area (Å²) in [5, 5.41) is 14.1. The van der Waals surface area contributed by atoms with Crippen molar-refractivity contribution in [1.29, 1.82) is 0 Å². The summed E-state index contributed by atoms with van der Waals surface area (Å²) in [4.78, 5) is 35.5. The van der Waals surface area contributed by atoms with E-state index >= 15 is 0 Å². The first kappa shape index (κ1) is 20.6. The van der Waals surface area contributed by atoms with Crippen LogP contribution in [-0.4, -0.2) is 41.0 Å². The molecule has 0 spiro atoms. The van der Waals surface area contributed by atoms with Gasteiger partial charge in [0.1, 0.15) is 12.1 Å². The zero-order valence-electron chi connectivity index (χ0n) is 14.9. The van der Waals surface area contributed by atoms with E-state index in [-0.39, 0.29) is 5.92 Å². The van der Waals surface area contributed by atoms with E-state index in [0.717, 1.165) is 5.56 Å². The van der Waals surface area contributed by atoms with Crippen molar-refractivity contribution in [1.82, 2.24) is 10.6 Å². The molecular formula is C18H27N3O4. The molecule has 1 aromatic carbocycles. The van der Waals surface area contributed by atoms with Gasteiger partial charge in [0.15, 0.2) is 0 Å². The van der Waals surface area contributed by atoms with Crippen LogP contribution < -0.4 is 16.4 Å². The summed E-state index contributed by atoms with van der Waals surface area (Å²) >= 11 is 0. The van der Waals surface area contributed by atoms with Gasteiger partial charge in [0.2, 0.25) is 11.8 Å². The molecule has 0 aliphatic rings. The Labute approximate surface area is 148 Å². The standard InChI is InChI=1S/C18H27N3O4/c1-11(2)9-15(18(24)25)21-16(22)12(3)20-17(23)14(19)10-13-7-5-4-6-8-13/h4-8,11-12,14-15H,9-10,19H2,1-3H3,(H,20,23)(H,21,22)(H,24,25)/t12-,14-,15-/m0/s1. The first-order valence-corrected chi connectivity index (χ1v) is 8.33. The SMILES string of the molecule is CC(C)C[C@H](NC(=O)[C@H](C)NC(=O)[C@@H](N)Cc1ccccc1)C(=O)O. The number of hydrogen-bond acceptors (Lipinski definition) is 4.